The number of thiophene rings is 1. The summed E-state index contributed by atoms with van der Waals surface area (Å²) in [5, 5.41) is 1.32. The van der Waals surface area contributed by atoms with E-state index in [2.05, 4.69) is 24.0 Å². The monoisotopic (exact) mass is 163 g/mol. The minimum atomic E-state index is 1.12. The van der Waals surface area contributed by atoms with Crippen molar-refractivity contribution in [3.8, 4) is 0 Å². The molecule has 0 radical (unpaired) electrons. The molecule has 2 rings (SSSR count). The van der Waals surface area contributed by atoms with E-state index in [1.807, 2.05) is 23.7 Å². The quantitative estimate of drug-likeness (QED) is 0.630. The Bertz CT molecular complexity index is 331. The van der Waals surface area contributed by atoms with E-state index in [1.165, 1.54) is 15.0 Å². The summed E-state index contributed by atoms with van der Waals surface area (Å²) >= 11 is 1.83. The lowest BCUT2D eigenvalue weighted by atomic mass is 10.3. The summed E-state index contributed by atoms with van der Waals surface area (Å²) in [5.74, 6) is 0. The fourth-order valence-corrected chi connectivity index (χ4v) is 2.08. The van der Waals surface area contributed by atoms with Gasteiger partial charge in [-0.1, -0.05) is 6.92 Å². The molecule has 0 amide bonds. The number of pyridine rings is 1. The van der Waals surface area contributed by atoms with Crippen LogP contribution in [0.1, 0.15) is 11.8 Å². The molecule has 0 fully saturated rings. The van der Waals surface area contributed by atoms with Gasteiger partial charge in [-0.2, -0.15) is 0 Å². The SMILES string of the molecule is CCc1cc2ccncc2s1. The van der Waals surface area contributed by atoms with Crippen LogP contribution in [0.15, 0.2) is 24.5 Å². The molecule has 2 aromatic heterocycles. The zero-order valence-corrected chi connectivity index (χ0v) is 7.19. The van der Waals surface area contributed by atoms with Gasteiger partial charge >= 0.3 is 0 Å². The number of aromatic nitrogens is 1. The van der Waals surface area contributed by atoms with Crippen LogP contribution in [-0.4, -0.2) is 4.98 Å². The molecule has 0 aliphatic rings. The smallest absolute Gasteiger partial charge is 0.0529 e. The third kappa shape index (κ3) is 1.14. The van der Waals surface area contributed by atoms with Crippen molar-refractivity contribution in [2.45, 2.75) is 13.3 Å². The second-order valence-electron chi connectivity index (χ2n) is 2.48. The zero-order valence-electron chi connectivity index (χ0n) is 6.37. The van der Waals surface area contributed by atoms with E-state index in [4.69, 9.17) is 0 Å². The van der Waals surface area contributed by atoms with E-state index in [1.54, 1.807) is 0 Å². The molecule has 2 heterocycles. The van der Waals surface area contributed by atoms with Gasteiger partial charge in [-0.15, -0.1) is 11.3 Å². The number of aryl methyl sites for hydroxylation is 1. The average Bonchev–Trinajstić information content (AvgIpc) is 2.46. The Hall–Kier alpha value is -0.890. The Kier molecular flexibility index (Phi) is 1.62. The van der Waals surface area contributed by atoms with E-state index in [0.717, 1.165) is 6.42 Å². The first-order chi connectivity index (χ1) is 5.40. The molecule has 0 bridgehead atoms. The van der Waals surface area contributed by atoms with Crippen LogP contribution in [0.25, 0.3) is 10.1 Å². The highest BCUT2D eigenvalue weighted by Crippen LogP contribution is 2.24. The molecular weight excluding hydrogens is 154 g/mol. The predicted molar refractivity (Wildman–Crippen MR) is 49.0 cm³/mol. The summed E-state index contributed by atoms with van der Waals surface area (Å²) in [6.07, 6.45) is 4.90. The Morgan fingerprint density at radius 2 is 2.45 bits per heavy atom. The first kappa shape index (κ1) is 6.80. The molecule has 0 aliphatic heterocycles. The predicted octanol–water partition coefficient (Wildman–Crippen LogP) is 2.86. The summed E-state index contributed by atoms with van der Waals surface area (Å²) in [6.45, 7) is 2.18. The molecule has 0 N–H and O–H groups in total. The molecule has 0 aliphatic carbocycles. The van der Waals surface area contributed by atoms with Crippen molar-refractivity contribution in [2.75, 3.05) is 0 Å². The number of rotatable bonds is 1. The van der Waals surface area contributed by atoms with Gasteiger partial charge in [0.25, 0.3) is 0 Å². The summed E-state index contributed by atoms with van der Waals surface area (Å²) in [6, 6.07) is 4.30. The third-order valence-corrected chi connectivity index (χ3v) is 2.95. The van der Waals surface area contributed by atoms with Gasteiger partial charge in [-0.3, -0.25) is 4.98 Å². The number of fused-ring (bicyclic) bond motifs is 1. The van der Waals surface area contributed by atoms with Crippen molar-refractivity contribution in [3.63, 3.8) is 0 Å². The zero-order chi connectivity index (χ0) is 7.68. The van der Waals surface area contributed by atoms with Crippen molar-refractivity contribution in [2.24, 2.45) is 0 Å². The van der Waals surface area contributed by atoms with E-state index in [-0.39, 0.29) is 0 Å². The Balaban J connectivity index is 2.69. The first-order valence-electron chi connectivity index (χ1n) is 3.72. The van der Waals surface area contributed by atoms with Crippen LogP contribution in [0.5, 0.6) is 0 Å². The lowest BCUT2D eigenvalue weighted by Gasteiger charge is -1.81. The van der Waals surface area contributed by atoms with Crippen molar-refractivity contribution < 1.29 is 0 Å². The molecule has 2 aromatic rings. The Labute approximate surface area is 69.7 Å². The summed E-state index contributed by atoms with van der Waals surface area (Å²) in [7, 11) is 0. The lowest BCUT2D eigenvalue weighted by molar-refractivity contribution is 1.19. The highest BCUT2D eigenvalue weighted by Gasteiger charge is 1.97. The summed E-state index contributed by atoms with van der Waals surface area (Å²) in [5.41, 5.74) is 0. The van der Waals surface area contributed by atoms with E-state index in [9.17, 15) is 0 Å². The third-order valence-electron chi connectivity index (χ3n) is 1.72. The van der Waals surface area contributed by atoms with Crippen LogP contribution in [0.3, 0.4) is 0 Å². The maximum absolute atomic E-state index is 4.07. The number of nitrogens with zero attached hydrogens (tertiary/aromatic N) is 1. The molecule has 0 spiro atoms. The maximum Gasteiger partial charge on any atom is 0.0529 e. The topological polar surface area (TPSA) is 12.9 Å². The maximum atomic E-state index is 4.07. The fraction of sp³-hybridized carbons (Fsp3) is 0.222. The largest absolute Gasteiger partial charge is 0.263 e. The highest BCUT2D eigenvalue weighted by atomic mass is 32.1. The van der Waals surface area contributed by atoms with Crippen molar-refractivity contribution in [1.29, 1.82) is 0 Å². The van der Waals surface area contributed by atoms with Gasteiger partial charge in [0.15, 0.2) is 0 Å². The Morgan fingerprint density at radius 1 is 1.55 bits per heavy atom. The van der Waals surface area contributed by atoms with Gasteiger partial charge in [0.1, 0.15) is 0 Å². The van der Waals surface area contributed by atoms with Crippen LogP contribution in [0, 0.1) is 0 Å². The molecule has 11 heavy (non-hydrogen) atoms. The van der Waals surface area contributed by atoms with E-state index in [0.29, 0.717) is 0 Å². The first-order valence-corrected chi connectivity index (χ1v) is 4.54. The van der Waals surface area contributed by atoms with Gasteiger partial charge < -0.3 is 0 Å². The average molecular weight is 163 g/mol. The van der Waals surface area contributed by atoms with Crippen LogP contribution in [-0.2, 0) is 6.42 Å². The van der Waals surface area contributed by atoms with Crippen molar-refractivity contribution in [1.82, 2.24) is 4.98 Å². The van der Waals surface area contributed by atoms with Crippen LogP contribution >= 0.6 is 11.3 Å². The summed E-state index contributed by atoms with van der Waals surface area (Å²) in [4.78, 5) is 5.51. The molecular formula is C9H9NS. The molecule has 2 heteroatoms. The van der Waals surface area contributed by atoms with Gasteiger partial charge in [0, 0.05) is 17.3 Å². The minimum absolute atomic E-state index is 1.12. The lowest BCUT2D eigenvalue weighted by Crippen LogP contribution is -1.65. The normalized spacial score (nSPS) is 10.6. The van der Waals surface area contributed by atoms with Gasteiger partial charge in [0.05, 0.1) is 4.70 Å². The molecule has 0 unspecified atom stereocenters. The molecule has 1 nitrogen and oxygen atoms in total. The molecule has 0 saturated carbocycles. The van der Waals surface area contributed by atoms with Crippen molar-refractivity contribution >= 4 is 21.4 Å². The number of hydrogen-bond donors (Lipinski definition) is 0. The van der Waals surface area contributed by atoms with Crippen molar-refractivity contribution in [3.05, 3.63) is 29.4 Å². The molecule has 0 atom stereocenters. The van der Waals surface area contributed by atoms with Crippen LogP contribution in [0.2, 0.25) is 0 Å². The van der Waals surface area contributed by atoms with Gasteiger partial charge in [-0.05, 0) is 23.9 Å². The molecule has 0 aromatic carbocycles. The standard InChI is InChI=1S/C9H9NS/c1-2-8-5-7-3-4-10-6-9(7)11-8/h3-6H,2H2,1H3. The van der Waals surface area contributed by atoms with E-state index >= 15 is 0 Å². The Morgan fingerprint density at radius 3 is 3.18 bits per heavy atom. The van der Waals surface area contributed by atoms with E-state index < -0.39 is 0 Å². The van der Waals surface area contributed by atoms with Crippen LogP contribution < -0.4 is 0 Å². The fourth-order valence-electron chi connectivity index (χ4n) is 1.11. The molecule has 0 saturated heterocycles. The summed E-state index contributed by atoms with van der Waals surface area (Å²) < 4.78 is 1.30. The number of hydrogen-bond acceptors (Lipinski definition) is 2. The van der Waals surface area contributed by atoms with Gasteiger partial charge in [0.2, 0.25) is 0 Å². The van der Waals surface area contributed by atoms with Gasteiger partial charge in [-0.25, -0.2) is 0 Å². The molecule has 56 valence electrons. The van der Waals surface area contributed by atoms with Crippen LogP contribution in [0.4, 0.5) is 0 Å². The minimum Gasteiger partial charge on any atom is -0.263 e. The highest BCUT2D eigenvalue weighted by molar-refractivity contribution is 7.19. The second-order valence-corrected chi connectivity index (χ2v) is 3.65. The second kappa shape index (κ2) is 2.62.